The topological polar surface area (TPSA) is 56.7 Å². The van der Waals surface area contributed by atoms with Crippen LogP contribution in [0.25, 0.3) is 0 Å². The Labute approximate surface area is 78.1 Å². The predicted octanol–water partition coefficient (Wildman–Crippen LogP) is 1.67. The molecule has 1 saturated carbocycles. The molecule has 1 aromatic heterocycles. The maximum absolute atomic E-state index is 5.65. The molecule has 72 valence electrons. The van der Waals surface area contributed by atoms with Gasteiger partial charge in [-0.1, -0.05) is 24.5 Å². The van der Waals surface area contributed by atoms with Crippen molar-refractivity contribution in [2.45, 2.75) is 45.1 Å². The van der Waals surface area contributed by atoms with Crippen molar-refractivity contribution in [3.8, 4) is 0 Å². The van der Waals surface area contributed by atoms with Crippen LogP contribution >= 0.6 is 0 Å². The molecule has 1 fully saturated rings. The van der Waals surface area contributed by atoms with E-state index in [9.17, 15) is 0 Å². The fourth-order valence-corrected chi connectivity index (χ4v) is 2.03. The molecule has 0 atom stereocenters. The second kappa shape index (κ2) is 3.36. The average Bonchev–Trinajstić information content (AvgIpc) is 2.49. The van der Waals surface area contributed by atoms with Gasteiger partial charge < -0.3 is 5.73 Å². The summed E-state index contributed by atoms with van der Waals surface area (Å²) in [5.74, 6) is 0.575. The first-order valence-corrected chi connectivity index (χ1v) is 4.96. The zero-order chi connectivity index (χ0) is 9.26. The second-order valence-corrected chi connectivity index (χ2v) is 3.80. The lowest BCUT2D eigenvalue weighted by atomic mass is 9.95. The second-order valence-electron chi connectivity index (χ2n) is 3.80. The molecule has 2 rings (SSSR count). The Balaban J connectivity index is 2.18. The summed E-state index contributed by atoms with van der Waals surface area (Å²) < 4.78 is 1.99. The van der Waals surface area contributed by atoms with E-state index in [2.05, 4.69) is 10.3 Å². The van der Waals surface area contributed by atoms with Gasteiger partial charge in [0, 0.05) is 0 Å². The molecule has 1 aromatic rings. The maximum atomic E-state index is 5.65. The van der Waals surface area contributed by atoms with Gasteiger partial charge >= 0.3 is 0 Å². The SMILES string of the molecule is Cc1c(N)nnn1C1CCCCC1. The summed E-state index contributed by atoms with van der Waals surface area (Å²) in [7, 11) is 0. The highest BCUT2D eigenvalue weighted by atomic mass is 15.5. The first kappa shape index (κ1) is 8.53. The van der Waals surface area contributed by atoms with E-state index in [0.29, 0.717) is 11.9 Å². The molecular weight excluding hydrogens is 164 g/mol. The Morgan fingerprint density at radius 2 is 2.00 bits per heavy atom. The van der Waals surface area contributed by atoms with Crippen molar-refractivity contribution < 1.29 is 0 Å². The van der Waals surface area contributed by atoms with E-state index in [-0.39, 0.29) is 0 Å². The van der Waals surface area contributed by atoms with Crippen LogP contribution in [-0.2, 0) is 0 Å². The third-order valence-electron chi connectivity index (χ3n) is 2.88. The van der Waals surface area contributed by atoms with Crippen LogP contribution in [0.4, 0.5) is 5.82 Å². The summed E-state index contributed by atoms with van der Waals surface area (Å²) >= 11 is 0. The molecule has 4 nitrogen and oxygen atoms in total. The maximum Gasteiger partial charge on any atom is 0.168 e. The van der Waals surface area contributed by atoms with Gasteiger partial charge in [0.2, 0.25) is 0 Å². The molecule has 0 aromatic carbocycles. The van der Waals surface area contributed by atoms with E-state index in [0.717, 1.165) is 5.69 Å². The molecule has 0 amide bonds. The van der Waals surface area contributed by atoms with Crippen LogP contribution in [0.1, 0.15) is 43.8 Å². The molecule has 2 N–H and O–H groups in total. The zero-order valence-electron chi connectivity index (χ0n) is 8.03. The van der Waals surface area contributed by atoms with Gasteiger partial charge in [-0.3, -0.25) is 0 Å². The van der Waals surface area contributed by atoms with Gasteiger partial charge in [-0.05, 0) is 19.8 Å². The Bertz CT molecular complexity index is 286. The highest BCUT2D eigenvalue weighted by Crippen LogP contribution is 2.28. The quantitative estimate of drug-likeness (QED) is 0.715. The van der Waals surface area contributed by atoms with E-state index in [1.807, 2.05) is 11.6 Å². The van der Waals surface area contributed by atoms with Gasteiger partial charge in [-0.25, -0.2) is 4.68 Å². The van der Waals surface area contributed by atoms with Crippen LogP contribution in [0, 0.1) is 6.92 Å². The monoisotopic (exact) mass is 180 g/mol. The third-order valence-corrected chi connectivity index (χ3v) is 2.88. The van der Waals surface area contributed by atoms with Crippen molar-refractivity contribution >= 4 is 5.82 Å². The number of hydrogen-bond acceptors (Lipinski definition) is 3. The molecule has 1 heterocycles. The average molecular weight is 180 g/mol. The van der Waals surface area contributed by atoms with E-state index < -0.39 is 0 Å². The molecule has 1 aliphatic rings. The van der Waals surface area contributed by atoms with Crippen LogP contribution in [-0.4, -0.2) is 15.0 Å². The minimum atomic E-state index is 0.540. The van der Waals surface area contributed by atoms with Gasteiger partial charge in [-0.2, -0.15) is 0 Å². The van der Waals surface area contributed by atoms with E-state index in [1.165, 1.54) is 32.1 Å². The standard InChI is InChI=1S/C9H16N4/c1-7-9(10)11-12-13(7)8-5-3-2-4-6-8/h8H,2-6,10H2,1H3. The molecule has 4 heteroatoms. The lowest BCUT2D eigenvalue weighted by Gasteiger charge is -2.22. The number of nitrogens with two attached hydrogens (primary N) is 1. The van der Waals surface area contributed by atoms with Crippen molar-refractivity contribution in [2.24, 2.45) is 0 Å². The van der Waals surface area contributed by atoms with Crippen LogP contribution < -0.4 is 5.73 Å². The van der Waals surface area contributed by atoms with E-state index >= 15 is 0 Å². The van der Waals surface area contributed by atoms with Gasteiger partial charge in [-0.15, -0.1) is 5.10 Å². The first-order valence-electron chi connectivity index (χ1n) is 4.96. The van der Waals surface area contributed by atoms with Gasteiger partial charge in [0.25, 0.3) is 0 Å². The highest BCUT2D eigenvalue weighted by molar-refractivity contribution is 5.31. The fraction of sp³-hybridized carbons (Fsp3) is 0.778. The van der Waals surface area contributed by atoms with Crippen LogP contribution in [0.2, 0.25) is 0 Å². The number of rotatable bonds is 1. The van der Waals surface area contributed by atoms with Crippen molar-refractivity contribution in [1.29, 1.82) is 0 Å². The van der Waals surface area contributed by atoms with Gasteiger partial charge in [0.1, 0.15) is 0 Å². The summed E-state index contributed by atoms with van der Waals surface area (Å²) in [6.07, 6.45) is 6.43. The van der Waals surface area contributed by atoms with Gasteiger partial charge in [0.05, 0.1) is 11.7 Å². The molecule has 0 spiro atoms. The number of nitrogens with zero attached hydrogens (tertiary/aromatic N) is 3. The lowest BCUT2D eigenvalue weighted by Crippen LogP contribution is -2.15. The van der Waals surface area contributed by atoms with Crippen LogP contribution in [0.15, 0.2) is 0 Å². The molecule has 0 radical (unpaired) electrons. The molecule has 0 aliphatic heterocycles. The highest BCUT2D eigenvalue weighted by Gasteiger charge is 2.18. The number of hydrogen-bond donors (Lipinski definition) is 1. The Hall–Kier alpha value is -1.06. The van der Waals surface area contributed by atoms with Crippen molar-refractivity contribution in [3.63, 3.8) is 0 Å². The van der Waals surface area contributed by atoms with Crippen molar-refractivity contribution in [3.05, 3.63) is 5.69 Å². The molecule has 0 saturated heterocycles. The number of aromatic nitrogens is 3. The molecule has 1 aliphatic carbocycles. The minimum Gasteiger partial charge on any atom is -0.381 e. The molecule has 13 heavy (non-hydrogen) atoms. The first-order chi connectivity index (χ1) is 6.29. The predicted molar refractivity (Wildman–Crippen MR) is 51.3 cm³/mol. The minimum absolute atomic E-state index is 0.540. The van der Waals surface area contributed by atoms with Crippen LogP contribution in [0.5, 0.6) is 0 Å². The summed E-state index contributed by atoms with van der Waals surface area (Å²) in [5.41, 5.74) is 6.67. The molecular formula is C9H16N4. The Morgan fingerprint density at radius 1 is 1.31 bits per heavy atom. The van der Waals surface area contributed by atoms with Crippen molar-refractivity contribution in [1.82, 2.24) is 15.0 Å². The summed E-state index contributed by atoms with van der Waals surface area (Å²) in [4.78, 5) is 0. The third kappa shape index (κ3) is 1.53. The molecule has 0 unspecified atom stereocenters. The largest absolute Gasteiger partial charge is 0.381 e. The van der Waals surface area contributed by atoms with E-state index in [4.69, 9.17) is 5.73 Å². The zero-order valence-corrected chi connectivity index (χ0v) is 8.03. The number of nitrogen functional groups attached to an aromatic ring is 1. The van der Waals surface area contributed by atoms with Crippen molar-refractivity contribution in [2.75, 3.05) is 5.73 Å². The normalized spacial score (nSPS) is 19.2. The van der Waals surface area contributed by atoms with Crippen LogP contribution in [0.3, 0.4) is 0 Å². The Kier molecular flexibility index (Phi) is 2.20. The number of anilines is 1. The summed E-state index contributed by atoms with van der Waals surface area (Å²) in [6.45, 7) is 1.99. The smallest absolute Gasteiger partial charge is 0.168 e. The molecule has 0 bridgehead atoms. The fourth-order valence-electron chi connectivity index (χ4n) is 2.03. The van der Waals surface area contributed by atoms with Gasteiger partial charge in [0.15, 0.2) is 5.82 Å². The Morgan fingerprint density at radius 3 is 2.54 bits per heavy atom. The summed E-state index contributed by atoms with van der Waals surface area (Å²) in [6, 6.07) is 0.540. The summed E-state index contributed by atoms with van der Waals surface area (Å²) in [5, 5.41) is 7.96. The van der Waals surface area contributed by atoms with E-state index in [1.54, 1.807) is 0 Å². The lowest BCUT2D eigenvalue weighted by molar-refractivity contribution is 0.320.